The number of carbonyl (C=O) groups is 1. The molecule has 1 aromatic carbocycles. The second-order valence-electron chi connectivity index (χ2n) is 5.65. The number of imidazole rings is 1. The van der Waals surface area contributed by atoms with Crippen LogP contribution in [0.15, 0.2) is 42.7 Å². The Kier molecular flexibility index (Phi) is 4.83. The van der Waals surface area contributed by atoms with Crippen LogP contribution in [0.1, 0.15) is 28.5 Å². The van der Waals surface area contributed by atoms with Crippen molar-refractivity contribution in [3.05, 3.63) is 69.7 Å². The molecule has 8 nitrogen and oxygen atoms in total. The van der Waals surface area contributed by atoms with Crippen molar-refractivity contribution in [1.29, 1.82) is 0 Å². The zero-order valence-corrected chi connectivity index (χ0v) is 14.3. The number of rotatable bonds is 6. The van der Waals surface area contributed by atoms with Crippen LogP contribution < -0.4 is 4.74 Å². The topological polar surface area (TPSA) is 96.0 Å². The fourth-order valence-corrected chi connectivity index (χ4v) is 2.51. The second-order valence-corrected chi connectivity index (χ2v) is 5.65. The second kappa shape index (κ2) is 7.22. The van der Waals surface area contributed by atoms with Crippen LogP contribution in [0.25, 0.3) is 5.65 Å². The molecular formula is C18H17N3O5. The van der Waals surface area contributed by atoms with E-state index in [4.69, 9.17) is 9.47 Å². The molecule has 3 aromatic rings. The number of aromatic nitrogens is 2. The Morgan fingerprint density at radius 1 is 1.27 bits per heavy atom. The Hall–Kier alpha value is -3.42. The molecule has 0 saturated carbocycles. The molecule has 0 N–H and O–H groups in total. The van der Waals surface area contributed by atoms with Gasteiger partial charge in [-0.1, -0.05) is 6.07 Å². The Morgan fingerprint density at radius 2 is 2.08 bits per heavy atom. The smallest absolute Gasteiger partial charge is 0.338 e. The fourth-order valence-electron chi connectivity index (χ4n) is 2.51. The van der Waals surface area contributed by atoms with Crippen LogP contribution in [0.3, 0.4) is 0 Å². The highest BCUT2D eigenvalue weighted by Crippen LogP contribution is 2.28. The monoisotopic (exact) mass is 355 g/mol. The first-order chi connectivity index (χ1) is 12.5. The number of ether oxygens (including phenoxy) is 2. The van der Waals surface area contributed by atoms with E-state index < -0.39 is 10.9 Å². The van der Waals surface area contributed by atoms with E-state index in [1.165, 1.54) is 12.1 Å². The van der Waals surface area contributed by atoms with Gasteiger partial charge in [0, 0.05) is 18.5 Å². The van der Waals surface area contributed by atoms with E-state index in [9.17, 15) is 14.9 Å². The number of benzene rings is 1. The third-order valence-corrected chi connectivity index (χ3v) is 3.69. The summed E-state index contributed by atoms with van der Waals surface area (Å²) in [7, 11) is 0. The van der Waals surface area contributed by atoms with E-state index in [0.29, 0.717) is 5.69 Å². The van der Waals surface area contributed by atoms with Gasteiger partial charge in [0.1, 0.15) is 12.3 Å². The summed E-state index contributed by atoms with van der Waals surface area (Å²) in [5.41, 5.74) is 2.23. The number of nitro groups is 1. The van der Waals surface area contributed by atoms with Gasteiger partial charge in [0.05, 0.1) is 22.8 Å². The van der Waals surface area contributed by atoms with Crippen molar-refractivity contribution in [2.24, 2.45) is 0 Å². The zero-order chi connectivity index (χ0) is 18.7. The van der Waals surface area contributed by atoms with E-state index in [0.717, 1.165) is 17.3 Å². The number of fused-ring (bicyclic) bond motifs is 1. The molecule has 0 aliphatic heterocycles. The number of nitro benzene ring substituents is 1. The molecule has 0 radical (unpaired) electrons. The van der Waals surface area contributed by atoms with Gasteiger partial charge in [-0.2, -0.15) is 0 Å². The predicted octanol–water partition coefficient (Wildman–Crippen LogP) is 3.31. The maximum atomic E-state index is 12.2. The van der Waals surface area contributed by atoms with E-state index >= 15 is 0 Å². The summed E-state index contributed by atoms with van der Waals surface area (Å²) < 4.78 is 12.3. The van der Waals surface area contributed by atoms with Gasteiger partial charge in [0.2, 0.25) is 0 Å². The summed E-state index contributed by atoms with van der Waals surface area (Å²) in [5, 5.41) is 11.1. The SMILES string of the molecule is CCOc1ccc(C(=O)OCc2cn3cc(C)ccc3n2)cc1[N+](=O)[O-]. The molecular weight excluding hydrogens is 338 g/mol. The quantitative estimate of drug-likeness (QED) is 0.382. The summed E-state index contributed by atoms with van der Waals surface area (Å²) in [6.07, 6.45) is 3.69. The van der Waals surface area contributed by atoms with Crippen LogP contribution in [-0.4, -0.2) is 26.9 Å². The molecule has 8 heteroatoms. The average Bonchev–Trinajstić information content (AvgIpc) is 3.02. The molecule has 0 amide bonds. The Bertz CT molecular complexity index is 980. The predicted molar refractivity (Wildman–Crippen MR) is 93.3 cm³/mol. The molecule has 3 rings (SSSR count). The molecule has 0 saturated heterocycles. The van der Waals surface area contributed by atoms with Gasteiger partial charge in [0.25, 0.3) is 0 Å². The van der Waals surface area contributed by atoms with Crippen LogP contribution in [0, 0.1) is 17.0 Å². The van der Waals surface area contributed by atoms with Gasteiger partial charge < -0.3 is 13.9 Å². The molecule has 2 heterocycles. The van der Waals surface area contributed by atoms with E-state index in [1.807, 2.05) is 29.7 Å². The van der Waals surface area contributed by atoms with Gasteiger partial charge in [-0.05, 0) is 37.6 Å². The van der Waals surface area contributed by atoms with Gasteiger partial charge in [-0.25, -0.2) is 9.78 Å². The first-order valence-electron chi connectivity index (χ1n) is 8.00. The molecule has 0 spiro atoms. The Balaban J connectivity index is 1.74. The van der Waals surface area contributed by atoms with Crippen LogP contribution in [0.2, 0.25) is 0 Å². The van der Waals surface area contributed by atoms with Crippen LogP contribution >= 0.6 is 0 Å². The highest BCUT2D eigenvalue weighted by molar-refractivity contribution is 5.90. The first kappa shape index (κ1) is 17.4. The lowest BCUT2D eigenvalue weighted by molar-refractivity contribution is -0.385. The summed E-state index contributed by atoms with van der Waals surface area (Å²) in [6.45, 7) is 3.96. The lowest BCUT2D eigenvalue weighted by Crippen LogP contribution is -2.07. The van der Waals surface area contributed by atoms with Crippen molar-refractivity contribution >= 4 is 17.3 Å². The molecule has 0 atom stereocenters. The fraction of sp³-hybridized carbons (Fsp3) is 0.222. The maximum Gasteiger partial charge on any atom is 0.338 e. The standard InChI is InChI=1S/C18H17N3O5/c1-3-25-16-6-5-13(8-15(16)21(23)24)18(22)26-11-14-10-20-9-12(2)4-7-17(20)19-14/h4-10H,3,11H2,1-2H3. The van der Waals surface area contributed by atoms with E-state index in [1.54, 1.807) is 13.1 Å². The molecule has 0 aliphatic rings. The number of nitrogens with zero attached hydrogens (tertiary/aromatic N) is 3. The average molecular weight is 355 g/mol. The van der Waals surface area contributed by atoms with Gasteiger partial charge >= 0.3 is 11.7 Å². The van der Waals surface area contributed by atoms with Crippen molar-refractivity contribution in [2.45, 2.75) is 20.5 Å². The van der Waals surface area contributed by atoms with Crippen molar-refractivity contribution in [2.75, 3.05) is 6.61 Å². The molecule has 0 unspecified atom stereocenters. The Labute approximate surface area is 149 Å². The maximum absolute atomic E-state index is 12.2. The molecule has 0 fully saturated rings. The van der Waals surface area contributed by atoms with Gasteiger partial charge in [-0.15, -0.1) is 0 Å². The molecule has 2 aromatic heterocycles. The first-order valence-corrected chi connectivity index (χ1v) is 8.00. The van der Waals surface area contributed by atoms with E-state index in [2.05, 4.69) is 4.98 Å². The third-order valence-electron chi connectivity index (χ3n) is 3.69. The third kappa shape index (κ3) is 3.64. The zero-order valence-electron chi connectivity index (χ0n) is 14.3. The highest BCUT2D eigenvalue weighted by Gasteiger charge is 2.19. The number of pyridine rings is 1. The Morgan fingerprint density at radius 3 is 2.81 bits per heavy atom. The minimum Gasteiger partial charge on any atom is -0.487 e. The highest BCUT2D eigenvalue weighted by atomic mass is 16.6. The van der Waals surface area contributed by atoms with Gasteiger partial charge in [0.15, 0.2) is 5.75 Å². The lowest BCUT2D eigenvalue weighted by atomic mass is 10.2. The number of esters is 1. The van der Waals surface area contributed by atoms with E-state index in [-0.39, 0.29) is 30.2 Å². The number of carbonyl (C=O) groups excluding carboxylic acids is 1. The minimum absolute atomic E-state index is 0.0272. The normalized spacial score (nSPS) is 10.7. The van der Waals surface area contributed by atoms with Gasteiger partial charge in [-0.3, -0.25) is 10.1 Å². The lowest BCUT2D eigenvalue weighted by Gasteiger charge is -2.06. The number of hydrogen-bond acceptors (Lipinski definition) is 6. The largest absolute Gasteiger partial charge is 0.487 e. The number of hydrogen-bond donors (Lipinski definition) is 0. The minimum atomic E-state index is -0.663. The summed E-state index contributed by atoms with van der Waals surface area (Å²) >= 11 is 0. The summed E-state index contributed by atoms with van der Waals surface area (Å²) in [6, 6.07) is 7.80. The number of aryl methyl sites for hydroxylation is 1. The molecule has 26 heavy (non-hydrogen) atoms. The summed E-state index contributed by atoms with van der Waals surface area (Å²) in [5.74, 6) is -0.547. The van der Waals surface area contributed by atoms with Crippen molar-refractivity contribution in [3.8, 4) is 5.75 Å². The molecule has 134 valence electrons. The van der Waals surface area contributed by atoms with Crippen LogP contribution in [0.4, 0.5) is 5.69 Å². The van der Waals surface area contributed by atoms with Crippen molar-refractivity contribution in [1.82, 2.24) is 9.38 Å². The molecule has 0 bridgehead atoms. The van der Waals surface area contributed by atoms with Crippen molar-refractivity contribution in [3.63, 3.8) is 0 Å². The molecule has 0 aliphatic carbocycles. The summed E-state index contributed by atoms with van der Waals surface area (Å²) in [4.78, 5) is 27.1. The van der Waals surface area contributed by atoms with Crippen LogP contribution in [0.5, 0.6) is 5.75 Å². The van der Waals surface area contributed by atoms with Crippen LogP contribution in [-0.2, 0) is 11.3 Å². The van der Waals surface area contributed by atoms with Crippen molar-refractivity contribution < 1.29 is 19.2 Å².